The molecule has 0 aromatic heterocycles. The van der Waals surface area contributed by atoms with Crippen LogP contribution in [-0.2, 0) is 17.6 Å². The number of fused-ring (bicyclic) bond motifs is 1. The summed E-state index contributed by atoms with van der Waals surface area (Å²) in [6, 6.07) is 4.07. The molecule has 1 aromatic rings. The SMILES string of the molecule is [C-]#[N+]c1ccc2c(c1[C@@H]1CC(=O)N(C)C1)CCCC2. The Hall–Kier alpha value is -1.82. The fraction of sp³-hybridized carbons (Fsp3) is 0.500. The van der Waals surface area contributed by atoms with Gasteiger partial charge in [0.2, 0.25) is 5.91 Å². The van der Waals surface area contributed by atoms with Crippen LogP contribution in [-0.4, -0.2) is 24.4 Å². The van der Waals surface area contributed by atoms with Crippen molar-refractivity contribution >= 4 is 11.6 Å². The number of benzene rings is 1. The number of nitrogens with zero attached hydrogens (tertiary/aromatic N) is 2. The van der Waals surface area contributed by atoms with E-state index in [2.05, 4.69) is 10.9 Å². The predicted octanol–water partition coefficient (Wildman–Crippen LogP) is 3.06. The van der Waals surface area contributed by atoms with Crippen molar-refractivity contribution in [3.63, 3.8) is 0 Å². The number of aryl methyl sites for hydroxylation is 1. The quantitative estimate of drug-likeness (QED) is 0.707. The van der Waals surface area contributed by atoms with Gasteiger partial charge >= 0.3 is 0 Å². The Morgan fingerprint density at radius 1 is 1.32 bits per heavy atom. The van der Waals surface area contributed by atoms with E-state index < -0.39 is 0 Å². The summed E-state index contributed by atoms with van der Waals surface area (Å²) in [5.41, 5.74) is 4.70. The van der Waals surface area contributed by atoms with E-state index in [4.69, 9.17) is 6.57 Å². The van der Waals surface area contributed by atoms with E-state index in [1.165, 1.54) is 29.5 Å². The lowest BCUT2D eigenvalue weighted by atomic mass is 9.82. The minimum Gasteiger partial charge on any atom is -0.345 e. The van der Waals surface area contributed by atoms with Crippen molar-refractivity contribution in [2.75, 3.05) is 13.6 Å². The summed E-state index contributed by atoms with van der Waals surface area (Å²) >= 11 is 0. The smallest absolute Gasteiger partial charge is 0.222 e. The molecule has 0 radical (unpaired) electrons. The number of likely N-dealkylation sites (tertiary alicyclic amines) is 1. The normalized spacial score (nSPS) is 22.2. The number of hydrogen-bond acceptors (Lipinski definition) is 1. The van der Waals surface area contributed by atoms with E-state index in [1.807, 2.05) is 13.1 Å². The first kappa shape index (κ1) is 12.2. The molecular formula is C16H18N2O. The highest BCUT2D eigenvalue weighted by Crippen LogP contribution is 2.40. The standard InChI is InChI=1S/C16H18N2O/c1-17-14-8-7-11-5-3-4-6-13(11)16(14)12-9-15(19)18(2)10-12/h7-8,12H,3-6,9-10H2,2H3/t12-/m1/s1. The van der Waals surface area contributed by atoms with Gasteiger partial charge in [-0.3, -0.25) is 4.79 Å². The van der Waals surface area contributed by atoms with Crippen LogP contribution >= 0.6 is 0 Å². The second kappa shape index (κ2) is 4.70. The summed E-state index contributed by atoms with van der Waals surface area (Å²) in [5.74, 6) is 0.420. The van der Waals surface area contributed by atoms with Gasteiger partial charge < -0.3 is 4.90 Å². The Bertz CT molecular complexity index is 571. The zero-order valence-electron chi connectivity index (χ0n) is 11.3. The van der Waals surface area contributed by atoms with Crippen LogP contribution in [0, 0.1) is 6.57 Å². The molecule has 0 saturated carbocycles. The molecule has 3 rings (SSSR count). The lowest BCUT2D eigenvalue weighted by Crippen LogP contribution is -2.19. The van der Waals surface area contributed by atoms with Gasteiger partial charge in [0.05, 0.1) is 6.57 Å². The molecule has 0 spiro atoms. The third-order valence-electron chi connectivity index (χ3n) is 4.42. The third kappa shape index (κ3) is 2.02. The van der Waals surface area contributed by atoms with Crippen LogP contribution in [0.1, 0.15) is 41.9 Å². The summed E-state index contributed by atoms with van der Waals surface area (Å²) in [6.07, 6.45) is 5.21. The van der Waals surface area contributed by atoms with Crippen molar-refractivity contribution in [2.24, 2.45) is 0 Å². The van der Waals surface area contributed by atoms with Gasteiger partial charge in [-0.05, 0) is 36.8 Å². The summed E-state index contributed by atoms with van der Waals surface area (Å²) in [5, 5.41) is 0. The molecule has 3 nitrogen and oxygen atoms in total. The Labute approximate surface area is 114 Å². The second-order valence-corrected chi connectivity index (χ2v) is 5.63. The van der Waals surface area contributed by atoms with Gasteiger partial charge in [0.1, 0.15) is 0 Å². The van der Waals surface area contributed by atoms with Crippen molar-refractivity contribution in [2.45, 2.75) is 38.0 Å². The van der Waals surface area contributed by atoms with Crippen molar-refractivity contribution in [1.82, 2.24) is 4.90 Å². The molecule has 1 aliphatic carbocycles. The van der Waals surface area contributed by atoms with Crippen LogP contribution in [0.3, 0.4) is 0 Å². The maximum Gasteiger partial charge on any atom is 0.222 e. The first-order valence-electron chi connectivity index (χ1n) is 6.96. The molecular weight excluding hydrogens is 236 g/mol. The monoisotopic (exact) mass is 254 g/mol. The number of rotatable bonds is 1. The average molecular weight is 254 g/mol. The van der Waals surface area contributed by atoms with Crippen molar-refractivity contribution < 1.29 is 4.79 Å². The summed E-state index contributed by atoms with van der Waals surface area (Å²) in [4.78, 5) is 17.3. The summed E-state index contributed by atoms with van der Waals surface area (Å²) in [7, 11) is 1.86. The van der Waals surface area contributed by atoms with Gasteiger partial charge in [-0.1, -0.05) is 17.7 Å². The summed E-state index contributed by atoms with van der Waals surface area (Å²) in [6.45, 7) is 8.15. The van der Waals surface area contributed by atoms with E-state index in [9.17, 15) is 4.79 Å². The highest BCUT2D eigenvalue weighted by molar-refractivity contribution is 5.80. The van der Waals surface area contributed by atoms with Crippen molar-refractivity contribution in [3.05, 3.63) is 40.2 Å². The van der Waals surface area contributed by atoms with Crippen LogP contribution in [0.5, 0.6) is 0 Å². The number of amides is 1. The van der Waals surface area contributed by atoms with E-state index in [-0.39, 0.29) is 11.8 Å². The molecule has 19 heavy (non-hydrogen) atoms. The van der Waals surface area contributed by atoms with Crippen molar-refractivity contribution in [3.8, 4) is 0 Å². The Balaban J connectivity index is 2.08. The van der Waals surface area contributed by atoms with Gasteiger partial charge in [-0.2, -0.15) is 0 Å². The highest BCUT2D eigenvalue weighted by atomic mass is 16.2. The number of carbonyl (C=O) groups is 1. The minimum absolute atomic E-state index is 0.203. The number of likely N-dealkylation sites (N-methyl/N-ethyl adjacent to an activating group) is 1. The Morgan fingerprint density at radius 3 is 2.79 bits per heavy atom. The first-order chi connectivity index (χ1) is 9.20. The van der Waals surface area contributed by atoms with E-state index in [1.54, 1.807) is 4.90 Å². The molecule has 98 valence electrons. The molecule has 1 aliphatic heterocycles. The maximum atomic E-state index is 11.8. The fourth-order valence-corrected chi connectivity index (χ4v) is 3.45. The summed E-state index contributed by atoms with van der Waals surface area (Å²) < 4.78 is 0. The lowest BCUT2D eigenvalue weighted by molar-refractivity contribution is -0.126. The topological polar surface area (TPSA) is 24.7 Å². The second-order valence-electron chi connectivity index (χ2n) is 5.63. The largest absolute Gasteiger partial charge is 0.345 e. The molecule has 0 unspecified atom stereocenters. The molecule has 1 fully saturated rings. The van der Waals surface area contributed by atoms with Crippen LogP contribution in [0.4, 0.5) is 5.69 Å². The average Bonchev–Trinajstić information content (AvgIpc) is 2.77. The maximum absolute atomic E-state index is 11.8. The lowest BCUT2D eigenvalue weighted by Gasteiger charge is -2.23. The predicted molar refractivity (Wildman–Crippen MR) is 74.3 cm³/mol. The third-order valence-corrected chi connectivity index (χ3v) is 4.42. The Morgan fingerprint density at radius 2 is 2.11 bits per heavy atom. The van der Waals surface area contributed by atoms with Gasteiger partial charge in [0.25, 0.3) is 0 Å². The van der Waals surface area contributed by atoms with Gasteiger partial charge in [0, 0.05) is 25.9 Å². The van der Waals surface area contributed by atoms with E-state index >= 15 is 0 Å². The Kier molecular flexibility index (Phi) is 3.02. The van der Waals surface area contributed by atoms with Crippen LogP contribution < -0.4 is 0 Å². The van der Waals surface area contributed by atoms with Crippen molar-refractivity contribution in [1.29, 1.82) is 0 Å². The van der Waals surface area contributed by atoms with Crippen LogP contribution in [0.15, 0.2) is 12.1 Å². The molecule has 1 atom stereocenters. The highest BCUT2D eigenvalue weighted by Gasteiger charge is 2.32. The molecule has 0 N–H and O–H groups in total. The molecule has 2 aliphatic rings. The molecule has 1 saturated heterocycles. The van der Waals surface area contributed by atoms with E-state index in [0.29, 0.717) is 6.42 Å². The molecule has 1 amide bonds. The van der Waals surface area contributed by atoms with Crippen LogP contribution in [0.25, 0.3) is 4.85 Å². The van der Waals surface area contributed by atoms with Gasteiger partial charge in [0.15, 0.2) is 5.69 Å². The molecule has 1 heterocycles. The van der Waals surface area contributed by atoms with Gasteiger partial charge in [-0.15, -0.1) is 0 Å². The molecule has 1 aromatic carbocycles. The van der Waals surface area contributed by atoms with Crippen LogP contribution in [0.2, 0.25) is 0 Å². The molecule has 3 heteroatoms. The molecule has 0 bridgehead atoms. The fourth-order valence-electron chi connectivity index (χ4n) is 3.45. The number of carbonyl (C=O) groups excluding carboxylic acids is 1. The van der Waals surface area contributed by atoms with Gasteiger partial charge in [-0.25, -0.2) is 4.85 Å². The van der Waals surface area contributed by atoms with E-state index in [0.717, 1.165) is 25.1 Å². The first-order valence-corrected chi connectivity index (χ1v) is 6.96. The minimum atomic E-state index is 0.203. The zero-order valence-corrected chi connectivity index (χ0v) is 11.3. The number of hydrogen-bond donors (Lipinski definition) is 0. The zero-order chi connectivity index (χ0) is 13.4.